The molecule has 0 aliphatic heterocycles. The van der Waals surface area contributed by atoms with Crippen LogP contribution < -0.4 is 10.6 Å². The van der Waals surface area contributed by atoms with Crippen molar-refractivity contribution < 1.29 is 9.59 Å². The van der Waals surface area contributed by atoms with Crippen molar-refractivity contribution in [1.29, 1.82) is 0 Å². The molecule has 0 saturated heterocycles. The zero-order valence-electron chi connectivity index (χ0n) is 16.2. The highest BCUT2D eigenvalue weighted by Gasteiger charge is 2.19. The molecule has 0 heterocycles. The Morgan fingerprint density at radius 2 is 0.933 bits per heavy atom. The van der Waals surface area contributed by atoms with Crippen LogP contribution in [0, 0.1) is 0 Å². The predicted molar refractivity (Wildman–Crippen MR) is 120 cm³/mol. The molecule has 0 aromatic heterocycles. The molecule has 0 spiro atoms. The Kier molecular flexibility index (Phi) is 5.39. The smallest absolute Gasteiger partial charge is 0.262 e. The molecule has 0 saturated carbocycles. The van der Waals surface area contributed by atoms with E-state index < -0.39 is 5.91 Å². The highest BCUT2D eigenvalue weighted by atomic mass is 16.2. The van der Waals surface area contributed by atoms with Gasteiger partial charge in [0.1, 0.15) is 0 Å². The Balaban J connectivity index is 1.65. The number of carbonyl (C=O) groups is 2. The first-order valence-electron chi connectivity index (χ1n) is 9.58. The van der Waals surface area contributed by atoms with Gasteiger partial charge in [-0.1, -0.05) is 60.7 Å². The van der Waals surface area contributed by atoms with Crippen molar-refractivity contribution in [3.63, 3.8) is 0 Å². The van der Waals surface area contributed by atoms with Crippen LogP contribution in [0.25, 0.3) is 11.1 Å². The zero-order chi connectivity index (χ0) is 20.9. The van der Waals surface area contributed by atoms with Crippen molar-refractivity contribution in [1.82, 2.24) is 0 Å². The van der Waals surface area contributed by atoms with Crippen LogP contribution in [0.2, 0.25) is 0 Å². The number of primary amides is 1. The second kappa shape index (κ2) is 8.45. The van der Waals surface area contributed by atoms with Gasteiger partial charge in [-0.25, -0.2) is 0 Å². The van der Waals surface area contributed by atoms with Crippen molar-refractivity contribution in [2.24, 2.45) is 5.73 Å². The van der Waals surface area contributed by atoms with Gasteiger partial charge in [0.15, 0.2) is 0 Å². The Morgan fingerprint density at radius 3 is 1.33 bits per heavy atom. The van der Waals surface area contributed by atoms with Gasteiger partial charge in [-0.3, -0.25) is 14.5 Å². The summed E-state index contributed by atoms with van der Waals surface area (Å²) in [4.78, 5) is 26.3. The molecule has 0 aliphatic rings. The van der Waals surface area contributed by atoms with Gasteiger partial charge in [0.25, 0.3) is 5.91 Å². The molecule has 4 rings (SSSR count). The lowest BCUT2D eigenvalue weighted by molar-refractivity contribution is 0.0991. The van der Waals surface area contributed by atoms with Crippen LogP contribution in [-0.2, 0) is 0 Å². The van der Waals surface area contributed by atoms with Crippen LogP contribution in [0.5, 0.6) is 0 Å². The van der Waals surface area contributed by atoms with Gasteiger partial charge in [0, 0.05) is 22.5 Å². The maximum atomic E-state index is 13.4. The summed E-state index contributed by atoms with van der Waals surface area (Å²) in [5.74, 6) is -0.563. The van der Waals surface area contributed by atoms with E-state index in [0.29, 0.717) is 11.1 Å². The van der Waals surface area contributed by atoms with Gasteiger partial charge >= 0.3 is 0 Å². The molecular formula is C26H20N2O2. The highest BCUT2D eigenvalue weighted by Crippen LogP contribution is 2.28. The SMILES string of the molecule is NC(=O)c1ccc(-c2ccc(C(=O)N(c3ccccc3)c3ccccc3)cc2)cc1. The number of para-hydroxylation sites is 2. The van der Waals surface area contributed by atoms with Crippen LogP contribution in [0.1, 0.15) is 20.7 Å². The standard InChI is InChI=1S/C26H20N2O2/c27-25(29)21-15-11-19(12-16-21)20-13-17-22(18-14-20)26(30)28(23-7-3-1-4-8-23)24-9-5-2-6-10-24/h1-18H,(H2,27,29). The van der Waals surface area contributed by atoms with E-state index in [0.717, 1.165) is 22.5 Å². The maximum Gasteiger partial charge on any atom is 0.262 e. The molecule has 0 atom stereocenters. The molecule has 2 N–H and O–H groups in total. The molecule has 146 valence electrons. The Hall–Kier alpha value is -4.18. The van der Waals surface area contributed by atoms with Gasteiger partial charge in [0.05, 0.1) is 0 Å². The molecule has 0 radical (unpaired) electrons. The van der Waals surface area contributed by atoms with Crippen molar-refractivity contribution >= 4 is 23.2 Å². The summed E-state index contributed by atoms with van der Waals surface area (Å²) < 4.78 is 0. The lowest BCUT2D eigenvalue weighted by atomic mass is 10.0. The molecule has 4 aromatic rings. The first-order valence-corrected chi connectivity index (χ1v) is 9.58. The van der Waals surface area contributed by atoms with Crippen molar-refractivity contribution in [2.45, 2.75) is 0 Å². The zero-order valence-corrected chi connectivity index (χ0v) is 16.2. The number of amides is 2. The third-order valence-corrected chi connectivity index (χ3v) is 4.87. The van der Waals surface area contributed by atoms with Crippen LogP contribution in [0.15, 0.2) is 109 Å². The number of nitrogens with two attached hydrogens (primary N) is 1. The van der Waals surface area contributed by atoms with Gasteiger partial charge in [-0.15, -0.1) is 0 Å². The number of hydrogen-bond acceptors (Lipinski definition) is 2. The van der Waals surface area contributed by atoms with Crippen LogP contribution in [-0.4, -0.2) is 11.8 Å². The second-order valence-corrected chi connectivity index (χ2v) is 6.83. The summed E-state index contributed by atoms with van der Waals surface area (Å²) in [7, 11) is 0. The fraction of sp³-hybridized carbons (Fsp3) is 0. The molecule has 30 heavy (non-hydrogen) atoms. The molecular weight excluding hydrogens is 372 g/mol. The summed E-state index contributed by atoms with van der Waals surface area (Å²) >= 11 is 0. The normalized spacial score (nSPS) is 10.4. The Labute approximate surface area is 175 Å². The third kappa shape index (κ3) is 3.98. The van der Waals surface area contributed by atoms with Gasteiger partial charge < -0.3 is 5.73 Å². The molecule has 2 amide bonds. The number of benzene rings is 4. The van der Waals surface area contributed by atoms with E-state index in [-0.39, 0.29) is 5.91 Å². The first kappa shape index (κ1) is 19.2. The van der Waals surface area contributed by atoms with E-state index >= 15 is 0 Å². The number of hydrogen-bond donors (Lipinski definition) is 1. The summed E-state index contributed by atoms with van der Waals surface area (Å²) in [5.41, 5.74) is 9.86. The maximum absolute atomic E-state index is 13.4. The molecule has 0 aliphatic carbocycles. The largest absolute Gasteiger partial charge is 0.366 e. The predicted octanol–water partition coefficient (Wildman–Crippen LogP) is 5.43. The lowest BCUT2D eigenvalue weighted by Gasteiger charge is -2.23. The molecule has 4 heteroatoms. The van der Waals surface area contributed by atoms with E-state index in [9.17, 15) is 9.59 Å². The van der Waals surface area contributed by atoms with Gasteiger partial charge in [-0.2, -0.15) is 0 Å². The minimum Gasteiger partial charge on any atom is -0.366 e. The molecule has 0 bridgehead atoms. The van der Waals surface area contributed by atoms with E-state index in [1.807, 2.05) is 97.1 Å². The summed E-state index contributed by atoms with van der Waals surface area (Å²) in [5, 5.41) is 0. The fourth-order valence-corrected chi connectivity index (χ4v) is 3.30. The fourth-order valence-electron chi connectivity index (χ4n) is 3.30. The minimum absolute atomic E-state index is 0.108. The van der Waals surface area contributed by atoms with Crippen molar-refractivity contribution in [2.75, 3.05) is 4.90 Å². The molecule has 0 unspecified atom stereocenters. The average molecular weight is 392 g/mol. The van der Waals surface area contributed by atoms with Crippen molar-refractivity contribution in [3.05, 3.63) is 120 Å². The molecule has 4 aromatic carbocycles. The van der Waals surface area contributed by atoms with Crippen LogP contribution in [0.3, 0.4) is 0 Å². The quantitative estimate of drug-likeness (QED) is 0.492. The van der Waals surface area contributed by atoms with E-state index in [2.05, 4.69) is 0 Å². The van der Waals surface area contributed by atoms with Crippen LogP contribution in [0.4, 0.5) is 11.4 Å². The summed E-state index contributed by atoms with van der Waals surface area (Å²) in [6.45, 7) is 0. The number of anilines is 2. The summed E-state index contributed by atoms with van der Waals surface area (Å²) in [6.07, 6.45) is 0. The lowest BCUT2D eigenvalue weighted by Crippen LogP contribution is -2.25. The third-order valence-electron chi connectivity index (χ3n) is 4.87. The molecule has 0 fully saturated rings. The van der Waals surface area contributed by atoms with E-state index in [1.54, 1.807) is 17.0 Å². The van der Waals surface area contributed by atoms with Crippen molar-refractivity contribution in [3.8, 4) is 11.1 Å². The monoisotopic (exact) mass is 392 g/mol. The Bertz CT molecular complexity index is 1110. The average Bonchev–Trinajstić information content (AvgIpc) is 2.81. The van der Waals surface area contributed by atoms with Crippen LogP contribution >= 0.6 is 0 Å². The summed E-state index contributed by atoms with van der Waals surface area (Å²) in [6, 6.07) is 33.7. The Morgan fingerprint density at radius 1 is 0.533 bits per heavy atom. The number of carbonyl (C=O) groups excluding carboxylic acids is 2. The number of nitrogens with zero attached hydrogens (tertiary/aromatic N) is 1. The highest BCUT2D eigenvalue weighted by molar-refractivity contribution is 6.11. The van der Waals surface area contributed by atoms with Gasteiger partial charge in [0.2, 0.25) is 5.91 Å². The number of rotatable bonds is 5. The first-order chi connectivity index (χ1) is 14.6. The minimum atomic E-state index is -0.454. The van der Waals surface area contributed by atoms with E-state index in [4.69, 9.17) is 5.73 Å². The topological polar surface area (TPSA) is 63.4 Å². The second-order valence-electron chi connectivity index (χ2n) is 6.83. The van der Waals surface area contributed by atoms with Gasteiger partial charge in [-0.05, 0) is 59.7 Å². The van der Waals surface area contributed by atoms with E-state index in [1.165, 1.54) is 0 Å². The molecule has 4 nitrogen and oxygen atoms in total.